The minimum Gasteiger partial charge on any atom is -0.415 e. The van der Waals surface area contributed by atoms with E-state index in [1.807, 2.05) is 20.8 Å². The van der Waals surface area contributed by atoms with Crippen molar-refractivity contribution in [2.75, 3.05) is 0 Å². The van der Waals surface area contributed by atoms with Crippen molar-refractivity contribution in [2.24, 2.45) is 0 Å². The Hall–Kier alpha value is -1.57. The average molecular weight is 312 g/mol. The van der Waals surface area contributed by atoms with Gasteiger partial charge in [0.15, 0.2) is 0 Å². The molecule has 0 spiro atoms. The quantitative estimate of drug-likeness (QED) is 0.823. The van der Waals surface area contributed by atoms with E-state index < -0.39 is 11.3 Å². The van der Waals surface area contributed by atoms with Crippen molar-refractivity contribution in [1.29, 1.82) is 0 Å². The first-order valence-electron chi connectivity index (χ1n) is 6.87. The van der Waals surface area contributed by atoms with E-state index in [-0.39, 0.29) is 17.4 Å². The van der Waals surface area contributed by atoms with Gasteiger partial charge in [0.25, 0.3) is 5.22 Å². The first-order chi connectivity index (χ1) is 9.75. The second-order valence-electron chi connectivity index (χ2n) is 6.12. The van der Waals surface area contributed by atoms with Crippen molar-refractivity contribution in [1.82, 2.24) is 20.8 Å². The minimum absolute atomic E-state index is 0.214. The molecule has 0 aromatic carbocycles. The van der Waals surface area contributed by atoms with E-state index in [1.54, 1.807) is 6.92 Å². The summed E-state index contributed by atoms with van der Waals surface area (Å²) in [6, 6.07) is -0.234. The first-order valence-corrected chi connectivity index (χ1v) is 7.75. The van der Waals surface area contributed by atoms with E-state index in [0.717, 1.165) is 24.6 Å². The molecule has 1 aromatic heterocycles. The number of hydrogen-bond acceptors (Lipinski definition) is 6. The number of aromatic nitrogens is 2. The molecule has 0 saturated heterocycles. The van der Waals surface area contributed by atoms with Gasteiger partial charge in [-0.3, -0.25) is 10.1 Å². The fourth-order valence-electron chi connectivity index (χ4n) is 1.43. The zero-order chi connectivity index (χ0) is 15.6. The normalized spacial score (nSPS) is 16.4. The lowest BCUT2D eigenvalue weighted by molar-refractivity contribution is -0.119. The number of nitrogens with zero attached hydrogens (tertiary/aromatic N) is 2. The Balaban J connectivity index is 1.85. The summed E-state index contributed by atoms with van der Waals surface area (Å²) in [5.41, 5.74) is -0.235. The van der Waals surface area contributed by atoms with E-state index >= 15 is 0 Å². The van der Waals surface area contributed by atoms with Crippen LogP contribution in [0.3, 0.4) is 0 Å². The molecular weight excluding hydrogens is 292 g/mol. The summed E-state index contributed by atoms with van der Waals surface area (Å²) in [4.78, 5) is 23.4. The monoisotopic (exact) mass is 312 g/mol. The summed E-state index contributed by atoms with van der Waals surface area (Å²) >= 11 is 1.13. The molecular formula is C13H20N4O3S. The Kier molecular flexibility index (Phi) is 4.55. The topological polar surface area (TPSA) is 97.1 Å². The Morgan fingerprint density at radius 2 is 2.00 bits per heavy atom. The van der Waals surface area contributed by atoms with Gasteiger partial charge in [0.2, 0.25) is 11.8 Å². The molecule has 0 aliphatic heterocycles. The Morgan fingerprint density at radius 3 is 2.52 bits per heavy atom. The van der Waals surface area contributed by atoms with Crippen LogP contribution in [0.25, 0.3) is 0 Å². The standard InChI is InChI=1S/C13H20N4O3S/c1-7(9(18)15-11(19)14-8-5-6-8)21-12-17-16-10(20-12)13(2,3)4/h7-8H,5-6H2,1-4H3,(H2,14,15,18,19)/t7-/m1/s1. The third kappa shape index (κ3) is 4.73. The molecule has 1 heterocycles. The van der Waals surface area contributed by atoms with Crippen molar-refractivity contribution in [2.45, 2.75) is 62.5 Å². The van der Waals surface area contributed by atoms with E-state index in [2.05, 4.69) is 20.8 Å². The molecule has 2 rings (SSSR count). The van der Waals surface area contributed by atoms with Gasteiger partial charge < -0.3 is 9.73 Å². The predicted octanol–water partition coefficient (Wildman–Crippen LogP) is 1.84. The molecule has 116 valence electrons. The highest BCUT2D eigenvalue weighted by Crippen LogP contribution is 2.27. The number of rotatable bonds is 4. The van der Waals surface area contributed by atoms with E-state index in [1.165, 1.54) is 0 Å². The van der Waals surface area contributed by atoms with Gasteiger partial charge in [0.05, 0.1) is 5.25 Å². The molecule has 1 atom stereocenters. The van der Waals surface area contributed by atoms with Crippen LogP contribution in [0, 0.1) is 0 Å². The maximum Gasteiger partial charge on any atom is 0.321 e. The third-order valence-electron chi connectivity index (χ3n) is 2.84. The second kappa shape index (κ2) is 6.05. The lowest BCUT2D eigenvalue weighted by atomic mass is 9.97. The fourth-order valence-corrected chi connectivity index (χ4v) is 2.11. The van der Waals surface area contributed by atoms with E-state index in [4.69, 9.17) is 4.42 Å². The highest BCUT2D eigenvalue weighted by atomic mass is 32.2. The van der Waals surface area contributed by atoms with Crippen LogP contribution in [-0.4, -0.2) is 33.4 Å². The lowest BCUT2D eigenvalue weighted by Crippen LogP contribution is -2.43. The molecule has 21 heavy (non-hydrogen) atoms. The summed E-state index contributed by atoms with van der Waals surface area (Å²) in [6.45, 7) is 7.58. The lowest BCUT2D eigenvalue weighted by Gasteiger charge is -2.11. The van der Waals surface area contributed by atoms with Crippen LogP contribution in [0.15, 0.2) is 9.64 Å². The van der Waals surface area contributed by atoms with Gasteiger partial charge in [-0.2, -0.15) is 0 Å². The van der Waals surface area contributed by atoms with Crippen molar-refractivity contribution < 1.29 is 14.0 Å². The second-order valence-corrected chi connectivity index (χ2v) is 7.41. The number of urea groups is 1. The van der Waals surface area contributed by atoms with Crippen molar-refractivity contribution in [3.63, 3.8) is 0 Å². The third-order valence-corrected chi connectivity index (χ3v) is 3.78. The zero-order valence-electron chi connectivity index (χ0n) is 12.6. The molecule has 0 unspecified atom stereocenters. The molecule has 8 heteroatoms. The molecule has 3 amide bonds. The summed E-state index contributed by atoms with van der Waals surface area (Å²) in [5, 5.41) is 12.7. The van der Waals surface area contributed by atoms with Crippen LogP contribution in [0.2, 0.25) is 0 Å². The van der Waals surface area contributed by atoms with Gasteiger partial charge in [-0.15, -0.1) is 10.2 Å². The van der Waals surface area contributed by atoms with Crippen LogP contribution in [-0.2, 0) is 10.2 Å². The highest BCUT2D eigenvalue weighted by Gasteiger charge is 2.27. The molecule has 1 saturated carbocycles. The highest BCUT2D eigenvalue weighted by molar-refractivity contribution is 8.00. The van der Waals surface area contributed by atoms with Crippen molar-refractivity contribution in [3.05, 3.63) is 5.89 Å². The van der Waals surface area contributed by atoms with Crippen LogP contribution in [0.5, 0.6) is 0 Å². The summed E-state index contributed by atoms with van der Waals surface area (Å²) in [5.74, 6) is 0.137. The number of carbonyl (C=O) groups excluding carboxylic acids is 2. The maximum absolute atomic E-state index is 11.9. The maximum atomic E-state index is 11.9. The predicted molar refractivity (Wildman–Crippen MR) is 78.0 cm³/mol. The number of thioether (sulfide) groups is 1. The van der Waals surface area contributed by atoms with Gasteiger partial charge in [0.1, 0.15) is 0 Å². The van der Waals surface area contributed by atoms with E-state index in [9.17, 15) is 9.59 Å². The summed E-state index contributed by atoms with van der Waals surface area (Å²) in [7, 11) is 0. The Bertz CT molecular complexity index is 534. The number of carbonyl (C=O) groups is 2. The van der Waals surface area contributed by atoms with Crippen molar-refractivity contribution >= 4 is 23.7 Å². The fraction of sp³-hybridized carbons (Fsp3) is 0.692. The molecule has 1 aliphatic rings. The molecule has 0 radical (unpaired) electrons. The summed E-state index contributed by atoms with van der Waals surface area (Å²) < 4.78 is 5.51. The van der Waals surface area contributed by atoms with Crippen LogP contribution >= 0.6 is 11.8 Å². The van der Waals surface area contributed by atoms with E-state index in [0.29, 0.717) is 11.1 Å². The first kappa shape index (κ1) is 15.8. The number of nitrogens with one attached hydrogen (secondary N) is 2. The average Bonchev–Trinajstić information content (AvgIpc) is 3.03. The van der Waals surface area contributed by atoms with Crippen LogP contribution in [0.1, 0.15) is 46.4 Å². The largest absolute Gasteiger partial charge is 0.415 e. The summed E-state index contributed by atoms with van der Waals surface area (Å²) in [6.07, 6.45) is 1.95. The number of imide groups is 1. The van der Waals surface area contributed by atoms with Crippen molar-refractivity contribution in [3.8, 4) is 0 Å². The molecule has 0 bridgehead atoms. The van der Waals surface area contributed by atoms with Gasteiger partial charge in [0, 0.05) is 11.5 Å². The van der Waals surface area contributed by atoms with Gasteiger partial charge in [-0.05, 0) is 19.8 Å². The van der Waals surface area contributed by atoms with Crippen LogP contribution in [0.4, 0.5) is 4.79 Å². The number of hydrogen-bond donors (Lipinski definition) is 2. The van der Waals surface area contributed by atoms with Gasteiger partial charge in [-0.1, -0.05) is 32.5 Å². The molecule has 2 N–H and O–H groups in total. The van der Waals surface area contributed by atoms with Gasteiger partial charge in [-0.25, -0.2) is 4.79 Å². The Labute approximate surface area is 127 Å². The molecule has 1 aliphatic carbocycles. The number of amides is 3. The smallest absolute Gasteiger partial charge is 0.321 e. The zero-order valence-corrected chi connectivity index (χ0v) is 13.4. The molecule has 7 nitrogen and oxygen atoms in total. The van der Waals surface area contributed by atoms with Crippen LogP contribution < -0.4 is 10.6 Å². The molecule has 1 fully saturated rings. The van der Waals surface area contributed by atoms with Gasteiger partial charge >= 0.3 is 6.03 Å². The molecule has 1 aromatic rings. The minimum atomic E-state index is -0.497. The Morgan fingerprint density at radius 1 is 1.33 bits per heavy atom. The SMILES string of the molecule is C[C@@H](Sc1nnc(C(C)(C)C)o1)C(=O)NC(=O)NC1CC1.